The highest BCUT2D eigenvalue weighted by Gasteiger charge is 2.12. The molecule has 1 aromatic rings. The Kier molecular flexibility index (Phi) is 6.69. The molecule has 0 aliphatic carbocycles. The van der Waals surface area contributed by atoms with Crippen molar-refractivity contribution in [1.82, 2.24) is 10.2 Å². The van der Waals surface area contributed by atoms with E-state index in [-0.39, 0.29) is 5.91 Å². The Balaban J connectivity index is 2.82. The molecule has 1 rings (SSSR count). The van der Waals surface area contributed by atoms with Gasteiger partial charge in [0, 0.05) is 38.9 Å². The Hall–Kier alpha value is -1.55. The van der Waals surface area contributed by atoms with Crippen LogP contribution in [0.3, 0.4) is 0 Å². The average Bonchev–Trinajstić information content (AvgIpc) is 2.42. The van der Waals surface area contributed by atoms with E-state index in [1.54, 1.807) is 19.0 Å². The van der Waals surface area contributed by atoms with Crippen molar-refractivity contribution >= 4 is 11.6 Å². The number of amides is 1. The smallest absolute Gasteiger partial charge is 0.241 e. The van der Waals surface area contributed by atoms with E-state index in [1.165, 1.54) is 11.1 Å². The van der Waals surface area contributed by atoms with Crippen molar-refractivity contribution in [1.29, 1.82) is 0 Å². The number of hydrogen-bond donors (Lipinski definition) is 1. The summed E-state index contributed by atoms with van der Waals surface area (Å²) in [5, 5.41) is 3.44. The van der Waals surface area contributed by atoms with E-state index in [0.717, 1.165) is 18.8 Å². The van der Waals surface area contributed by atoms with Gasteiger partial charge < -0.3 is 15.1 Å². The molecule has 4 heteroatoms. The van der Waals surface area contributed by atoms with Crippen LogP contribution in [0.4, 0.5) is 5.69 Å². The minimum Gasteiger partial charge on any atom is -0.362 e. The first-order chi connectivity index (χ1) is 9.85. The molecule has 0 spiro atoms. The second kappa shape index (κ2) is 8.03. The van der Waals surface area contributed by atoms with Gasteiger partial charge in [0.15, 0.2) is 0 Å². The number of nitrogens with zero attached hydrogens (tertiary/aromatic N) is 2. The maximum Gasteiger partial charge on any atom is 0.241 e. The quantitative estimate of drug-likeness (QED) is 0.838. The van der Waals surface area contributed by atoms with Gasteiger partial charge in [0.25, 0.3) is 0 Å². The zero-order chi connectivity index (χ0) is 16.0. The van der Waals surface area contributed by atoms with Gasteiger partial charge in [-0.2, -0.15) is 0 Å². The maximum atomic E-state index is 11.9. The molecule has 0 heterocycles. The lowest BCUT2D eigenvalue weighted by atomic mass is 10.1. The second-order valence-electron chi connectivity index (χ2n) is 5.95. The third kappa shape index (κ3) is 5.38. The van der Waals surface area contributed by atoms with Crippen LogP contribution < -0.4 is 10.2 Å². The summed E-state index contributed by atoms with van der Waals surface area (Å²) < 4.78 is 0. The highest BCUT2D eigenvalue weighted by atomic mass is 16.2. The van der Waals surface area contributed by atoms with Crippen molar-refractivity contribution in [2.45, 2.75) is 40.3 Å². The fourth-order valence-electron chi connectivity index (χ4n) is 2.08. The molecule has 0 radical (unpaired) electrons. The number of likely N-dealkylation sites (N-methyl/N-ethyl adjacent to an activating group) is 2. The van der Waals surface area contributed by atoms with Crippen LogP contribution >= 0.6 is 0 Å². The highest BCUT2D eigenvalue weighted by molar-refractivity contribution is 5.81. The summed E-state index contributed by atoms with van der Waals surface area (Å²) in [5.41, 5.74) is 3.68. The first-order valence-electron chi connectivity index (χ1n) is 7.63. The first-order valence-corrected chi connectivity index (χ1v) is 7.63. The standard InChI is InChI=1S/C17H29N3O/c1-7-20(12-17(21)19(5)6)16-9-8-15(14(4)10-16)11-18-13(2)3/h8-10,13,18H,7,11-12H2,1-6H3. The summed E-state index contributed by atoms with van der Waals surface area (Å²) in [7, 11) is 3.59. The molecule has 1 N–H and O–H groups in total. The molecule has 0 saturated heterocycles. The van der Waals surface area contributed by atoms with Gasteiger partial charge in [0.1, 0.15) is 0 Å². The molecule has 0 bridgehead atoms. The number of carbonyl (C=O) groups excluding carboxylic acids is 1. The molecule has 0 unspecified atom stereocenters. The molecule has 1 amide bonds. The average molecular weight is 291 g/mol. The van der Waals surface area contributed by atoms with Crippen molar-refractivity contribution in [2.24, 2.45) is 0 Å². The van der Waals surface area contributed by atoms with Crippen LogP contribution in [0.1, 0.15) is 31.9 Å². The lowest BCUT2D eigenvalue weighted by Gasteiger charge is -2.25. The monoisotopic (exact) mass is 291 g/mol. The minimum atomic E-state index is 0.125. The number of benzene rings is 1. The van der Waals surface area contributed by atoms with Gasteiger partial charge in [0.2, 0.25) is 5.91 Å². The molecule has 4 nitrogen and oxygen atoms in total. The van der Waals surface area contributed by atoms with Gasteiger partial charge in [-0.3, -0.25) is 4.79 Å². The number of rotatable bonds is 7. The van der Waals surface area contributed by atoms with E-state index in [4.69, 9.17) is 0 Å². The largest absolute Gasteiger partial charge is 0.362 e. The molecular formula is C17H29N3O. The lowest BCUT2D eigenvalue weighted by Crippen LogP contribution is -2.36. The van der Waals surface area contributed by atoms with Gasteiger partial charge in [0.05, 0.1) is 6.54 Å². The second-order valence-corrected chi connectivity index (χ2v) is 5.95. The van der Waals surface area contributed by atoms with E-state index < -0.39 is 0 Å². The fraction of sp³-hybridized carbons (Fsp3) is 0.588. The molecule has 0 saturated carbocycles. The van der Waals surface area contributed by atoms with Gasteiger partial charge in [-0.15, -0.1) is 0 Å². The third-order valence-electron chi connectivity index (χ3n) is 3.60. The van der Waals surface area contributed by atoms with Gasteiger partial charge in [-0.25, -0.2) is 0 Å². The Morgan fingerprint density at radius 3 is 2.43 bits per heavy atom. The molecule has 0 atom stereocenters. The molecule has 1 aromatic carbocycles. The summed E-state index contributed by atoms with van der Waals surface area (Å²) in [4.78, 5) is 15.6. The Labute approximate surface area is 129 Å². The summed E-state index contributed by atoms with van der Waals surface area (Å²) in [6, 6.07) is 6.91. The fourth-order valence-corrected chi connectivity index (χ4v) is 2.08. The molecule has 21 heavy (non-hydrogen) atoms. The number of carbonyl (C=O) groups is 1. The zero-order valence-electron chi connectivity index (χ0n) is 14.2. The van der Waals surface area contributed by atoms with Gasteiger partial charge in [-0.1, -0.05) is 19.9 Å². The van der Waals surface area contributed by atoms with Crippen LogP contribution in [0, 0.1) is 6.92 Å². The summed E-state index contributed by atoms with van der Waals surface area (Å²) in [6.45, 7) is 10.6. The summed E-state index contributed by atoms with van der Waals surface area (Å²) in [6.07, 6.45) is 0. The number of hydrogen-bond acceptors (Lipinski definition) is 3. The number of nitrogens with one attached hydrogen (secondary N) is 1. The van der Waals surface area contributed by atoms with E-state index in [2.05, 4.69) is 56.1 Å². The van der Waals surface area contributed by atoms with Crippen molar-refractivity contribution in [3.63, 3.8) is 0 Å². The van der Waals surface area contributed by atoms with Crippen molar-refractivity contribution in [3.8, 4) is 0 Å². The van der Waals surface area contributed by atoms with E-state index in [9.17, 15) is 4.79 Å². The van der Waals surface area contributed by atoms with Crippen LogP contribution in [0.25, 0.3) is 0 Å². The number of aryl methyl sites for hydroxylation is 1. The summed E-state index contributed by atoms with van der Waals surface area (Å²) in [5.74, 6) is 0.125. The molecule has 118 valence electrons. The van der Waals surface area contributed by atoms with E-state index >= 15 is 0 Å². The Bertz CT molecular complexity index is 469. The van der Waals surface area contributed by atoms with Crippen LogP contribution in [-0.4, -0.2) is 44.0 Å². The van der Waals surface area contributed by atoms with Crippen LogP contribution in [0.15, 0.2) is 18.2 Å². The predicted octanol–water partition coefficient (Wildman–Crippen LogP) is 2.41. The van der Waals surface area contributed by atoms with Crippen molar-refractivity contribution in [2.75, 3.05) is 32.1 Å². The highest BCUT2D eigenvalue weighted by Crippen LogP contribution is 2.19. The van der Waals surface area contributed by atoms with Gasteiger partial charge >= 0.3 is 0 Å². The van der Waals surface area contributed by atoms with Gasteiger partial charge in [-0.05, 0) is 37.1 Å². The molecule has 0 aromatic heterocycles. The normalized spacial score (nSPS) is 10.8. The Morgan fingerprint density at radius 2 is 1.95 bits per heavy atom. The molecular weight excluding hydrogens is 262 g/mol. The minimum absolute atomic E-state index is 0.125. The van der Waals surface area contributed by atoms with Crippen molar-refractivity contribution < 1.29 is 4.79 Å². The zero-order valence-corrected chi connectivity index (χ0v) is 14.2. The lowest BCUT2D eigenvalue weighted by molar-refractivity contribution is -0.127. The van der Waals surface area contributed by atoms with Crippen LogP contribution in [-0.2, 0) is 11.3 Å². The maximum absolute atomic E-state index is 11.9. The molecule has 0 fully saturated rings. The summed E-state index contributed by atoms with van der Waals surface area (Å²) >= 11 is 0. The van der Waals surface area contributed by atoms with Crippen LogP contribution in [0.5, 0.6) is 0 Å². The van der Waals surface area contributed by atoms with Crippen molar-refractivity contribution in [3.05, 3.63) is 29.3 Å². The topological polar surface area (TPSA) is 35.6 Å². The molecule has 0 aliphatic rings. The van der Waals surface area contributed by atoms with E-state index in [0.29, 0.717) is 12.6 Å². The van der Waals surface area contributed by atoms with E-state index in [1.807, 2.05) is 0 Å². The predicted molar refractivity (Wildman–Crippen MR) is 89.7 cm³/mol. The SMILES string of the molecule is CCN(CC(=O)N(C)C)c1ccc(CNC(C)C)c(C)c1. The third-order valence-corrected chi connectivity index (χ3v) is 3.60. The molecule has 0 aliphatic heterocycles. The number of anilines is 1. The Morgan fingerprint density at radius 1 is 1.29 bits per heavy atom. The first kappa shape index (κ1) is 17.5. The van der Waals surface area contributed by atoms with Crippen LogP contribution in [0.2, 0.25) is 0 Å².